The number of nitrogen functional groups attached to an aromatic ring is 1. The Morgan fingerprint density at radius 2 is 2.00 bits per heavy atom. The average molecular weight is 292 g/mol. The van der Waals surface area contributed by atoms with Crippen molar-refractivity contribution in [2.45, 2.75) is 13.0 Å². The van der Waals surface area contributed by atoms with Gasteiger partial charge in [-0.15, -0.1) is 0 Å². The van der Waals surface area contributed by atoms with E-state index in [0.29, 0.717) is 11.5 Å². The highest BCUT2D eigenvalue weighted by atomic mass is 79.9. The van der Waals surface area contributed by atoms with Gasteiger partial charge in [0.1, 0.15) is 5.82 Å². The Kier molecular flexibility index (Phi) is 3.64. The zero-order valence-electron chi connectivity index (χ0n) is 9.52. The Bertz CT molecular complexity index is 499. The summed E-state index contributed by atoms with van der Waals surface area (Å²) in [7, 11) is 0. The largest absolute Gasteiger partial charge is 0.396 e. The standard InChI is InChI=1S/C13H14BrN3/c1-9(10-5-3-2-4-6-10)17-13-12(15)7-11(14)8-16-13/h2-9H,15H2,1H3,(H,16,17). The number of nitrogens with one attached hydrogen (secondary N) is 1. The lowest BCUT2D eigenvalue weighted by atomic mass is 10.1. The Hall–Kier alpha value is -1.55. The zero-order chi connectivity index (χ0) is 12.3. The number of nitrogens with two attached hydrogens (primary N) is 1. The second-order valence-electron chi connectivity index (χ2n) is 3.87. The quantitative estimate of drug-likeness (QED) is 0.908. The van der Waals surface area contributed by atoms with Crippen LogP contribution in [-0.2, 0) is 0 Å². The first-order chi connectivity index (χ1) is 8.16. The normalized spacial score (nSPS) is 12.1. The highest BCUT2D eigenvalue weighted by molar-refractivity contribution is 9.10. The van der Waals surface area contributed by atoms with Crippen LogP contribution in [0.1, 0.15) is 18.5 Å². The van der Waals surface area contributed by atoms with Crippen LogP contribution in [0.4, 0.5) is 11.5 Å². The number of hydrogen-bond donors (Lipinski definition) is 2. The van der Waals surface area contributed by atoms with Crippen LogP contribution in [0.15, 0.2) is 47.1 Å². The molecule has 1 aromatic carbocycles. The molecule has 0 radical (unpaired) electrons. The summed E-state index contributed by atoms with van der Waals surface area (Å²) < 4.78 is 0.882. The van der Waals surface area contributed by atoms with E-state index < -0.39 is 0 Å². The van der Waals surface area contributed by atoms with Gasteiger partial charge in [0.05, 0.1) is 11.7 Å². The molecule has 2 rings (SSSR count). The van der Waals surface area contributed by atoms with Crippen LogP contribution < -0.4 is 11.1 Å². The predicted molar refractivity (Wildman–Crippen MR) is 74.8 cm³/mol. The molecular formula is C13H14BrN3. The monoisotopic (exact) mass is 291 g/mol. The Morgan fingerprint density at radius 1 is 1.29 bits per heavy atom. The highest BCUT2D eigenvalue weighted by Gasteiger charge is 2.07. The van der Waals surface area contributed by atoms with E-state index in [-0.39, 0.29) is 6.04 Å². The molecule has 0 fully saturated rings. The minimum Gasteiger partial charge on any atom is -0.396 e. The van der Waals surface area contributed by atoms with Gasteiger partial charge in [-0.1, -0.05) is 30.3 Å². The van der Waals surface area contributed by atoms with Crippen LogP contribution >= 0.6 is 15.9 Å². The van der Waals surface area contributed by atoms with E-state index in [1.807, 2.05) is 24.3 Å². The maximum absolute atomic E-state index is 5.89. The fraction of sp³-hybridized carbons (Fsp3) is 0.154. The molecule has 88 valence electrons. The molecule has 0 aliphatic carbocycles. The number of halogens is 1. The van der Waals surface area contributed by atoms with Crippen molar-refractivity contribution < 1.29 is 0 Å². The van der Waals surface area contributed by atoms with E-state index in [2.05, 4.69) is 45.3 Å². The third-order valence-electron chi connectivity index (χ3n) is 2.54. The number of pyridine rings is 1. The summed E-state index contributed by atoms with van der Waals surface area (Å²) in [6.45, 7) is 2.08. The van der Waals surface area contributed by atoms with E-state index in [0.717, 1.165) is 4.47 Å². The first kappa shape index (κ1) is 11.9. The lowest BCUT2D eigenvalue weighted by molar-refractivity contribution is 0.875. The molecule has 0 aliphatic rings. The fourth-order valence-electron chi connectivity index (χ4n) is 1.61. The van der Waals surface area contributed by atoms with Gasteiger partial charge in [0.2, 0.25) is 0 Å². The number of nitrogens with zero attached hydrogens (tertiary/aromatic N) is 1. The van der Waals surface area contributed by atoms with E-state index in [1.165, 1.54) is 5.56 Å². The number of hydrogen-bond acceptors (Lipinski definition) is 3. The SMILES string of the molecule is CC(Nc1ncc(Br)cc1N)c1ccccc1. The second-order valence-corrected chi connectivity index (χ2v) is 4.78. The van der Waals surface area contributed by atoms with E-state index >= 15 is 0 Å². The van der Waals surface area contributed by atoms with Crippen LogP contribution in [-0.4, -0.2) is 4.98 Å². The van der Waals surface area contributed by atoms with Gasteiger partial charge < -0.3 is 11.1 Å². The maximum Gasteiger partial charge on any atom is 0.149 e. The first-order valence-corrected chi connectivity index (χ1v) is 6.18. The molecule has 0 amide bonds. The lowest BCUT2D eigenvalue weighted by Gasteiger charge is -2.16. The summed E-state index contributed by atoms with van der Waals surface area (Å²) >= 11 is 3.34. The first-order valence-electron chi connectivity index (χ1n) is 5.39. The minimum absolute atomic E-state index is 0.173. The zero-order valence-corrected chi connectivity index (χ0v) is 11.1. The van der Waals surface area contributed by atoms with Crippen molar-refractivity contribution in [1.82, 2.24) is 4.98 Å². The third kappa shape index (κ3) is 2.97. The smallest absolute Gasteiger partial charge is 0.149 e. The van der Waals surface area contributed by atoms with E-state index in [1.54, 1.807) is 6.20 Å². The van der Waals surface area contributed by atoms with Gasteiger partial charge in [0.25, 0.3) is 0 Å². The summed E-state index contributed by atoms with van der Waals surface area (Å²) in [6.07, 6.45) is 1.73. The fourth-order valence-corrected chi connectivity index (χ4v) is 1.95. The molecule has 1 unspecified atom stereocenters. The Labute approximate surface area is 109 Å². The van der Waals surface area contributed by atoms with Crippen molar-refractivity contribution in [3.8, 4) is 0 Å². The van der Waals surface area contributed by atoms with Crippen molar-refractivity contribution in [1.29, 1.82) is 0 Å². The molecular weight excluding hydrogens is 278 g/mol. The van der Waals surface area contributed by atoms with Gasteiger partial charge in [-0.25, -0.2) is 4.98 Å². The van der Waals surface area contributed by atoms with Crippen LogP contribution in [0.25, 0.3) is 0 Å². The van der Waals surface area contributed by atoms with E-state index in [4.69, 9.17) is 5.73 Å². The Balaban J connectivity index is 2.16. The van der Waals surface area contributed by atoms with Crippen LogP contribution in [0.2, 0.25) is 0 Å². The summed E-state index contributed by atoms with van der Waals surface area (Å²) in [4.78, 5) is 4.26. The van der Waals surface area contributed by atoms with Crippen LogP contribution in [0.5, 0.6) is 0 Å². The number of aromatic nitrogens is 1. The van der Waals surface area contributed by atoms with Crippen molar-refractivity contribution in [3.05, 3.63) is 52.6 Å². The van der Waals surface area contributed by atoms with Gasteiger partial charge >= 0.3 is 0 Å². The molecule has 4 heteroatoms. The molecule has 17 heavy (non-hydrogen) atoms. The molecule has 3 N–H and O–H groups in total. The number of rotatable bonds is 3. The molecule has 0 saturated carbocycles. The molecule has 0 saturated heterocycles. The summed E-state index contributed by atoms with van der Waals surface area (Å²) in [5, 5.41) is 3.30. The molecule has 1 heterocycles. The Morgan fingerprint density at radius 3 is 2.65 bits per heavy atom. The van der Waals surface area contributed by atoms with Crippen molar-refractivity contribution in [3.63, 3.8) is 0 Å². The van der Waals surface area contributed by atoms with Gasteiger partial charge in [-0.3, -0.25) is 0 Å². The lowest BCUT2D eigenvalue weighted by Crippen LogP contribution is -2.09. The topological polar surface area (TPSA) is 50.9 Å². The maximum atomic E-state index is 5.89. The molecule has 0 spiro atoms. The number of benzene rings is 1. The molecule has 0 aliphatic heterocycles. The van der Waals surface area contributed by atoms with Gasteiger partial charge in [-0.05, 0) is 34.5 Å². The highest BCUT2D eigenvalue weighted by Crippen LogP contribution is 2.24. The van der Waals surface area contributed by atoms with Crippen molar-refractivity contribution in [2.75, 3.05) is 11.1 Å². The summed E-state index contributed by atoms with van der Waals surface area (Å²) in [6, 6.07) is 12.2. The van der Waals surface area contributed by atoms with Crippen molar-refractivity contribution in [2.24, 2.45) is 0 Å². The van der Waals surface area contributed by atoms with Crippen molar-refractivity contribution >= 4 is 27.4 Å². The van der Waals surface area contributed by atoms with Gasteiger partial charge in [-0.2, -0.15) is 0 Å². The van der Waals surface area contributed by atoms with Gasteiger partial charge in [0, 0.05) is 10.7 Å². The van der Waals surface area contributed by atoms with Gasteiger partial charge in [0.15, 0.2) is 0 Å². The minimum atomic E-state index is 0.173. The summed E-state index contributed by atoms with van der Waals surface area (Å²) in [5.74, 6) is 0.713. The molecule has 3 nitrogen and oxygen atoms in total. The molecule has 1 atom stereocenters. The van der Waals surface area contributed by atoms with Crippen LogP contribution in [0, 0.1) is 0 Å². The predicted octanol–water partition coefficient (Wildman–Crippen LogP) is 3.60. The third-order valence-corrected chi connectivity index (χ3v) is 2.97. The molecule has 0 bridgehead atoms. The molecule has 2 aromatic rings. The average Bonchev–Trinajstić information content (AvgIpc) is 2.34. The molecule has 1 aromatic heterocycles. The van der Waals surface area contributed by atoms with Crippen LogP contribution in [0.3, 0.4) is 0 Å². The number of anilines is 2. The van der Waals surface area contributed by atoms with E-state index in [9.17, 15) is 0 Å². The summed E-state index contributed by atoms with van der Waals surface area (Å²) in [5.41, 5.74) is 7.74. The second kappa shape index (κ2) is 5.19.